The fraction of sp³-hybridized carbons (Fsp3) is 0.111. The molecule has 0 aliphatic heterocycles. The molecule has 0 heterocycles. The molecule has 74 valence electrons. The van der Waals surface area contributed by atoms with Crippen molar-refractivity contribution in [2.45, 2.75) is 6.42 Å². The molecule has 14 heavy (non-hydrogen) atoms. The van der Waals surface area contributed by atoms with Gasteiger partial charge in [0, 0.05) is 0 Å². The summed E-state index contributed by atoms with van der Waals surface area (Å²) in [6, 6.07) is 5.82. The minimum atomic E-state index is -1.27. The van der Waals surface area contributed by atoms with Gasteiger partial charge in [-0.1, -0.05) is 12.1 Å². The lowest BCUT2D eigenvalue weighted by atomic mass is 10.3. The van der Waals surface area contributed by atoms with Crippen LogP contribution in [-0.4, -0.2) is 22.2 Å². The van der Waals surface area contributed by atoms with Gasteiger partial charge in [-0.15, -0.1) is 0 Å². The van der Waals surface area contributed by atoms with E-state index < -0.39 is 18.4 Å². The Morgan fingerprint density at radius 3 is 2.50 bits per heavy atom. The molecule has 5 nitrogen and oxygen atoms in total. The molecule has 0 spiro atoms. The van der Waals surface area contributed by atoms with Gasteiger partial charge in [0.15, 0.2) is 11.5 Å². The molecule has 0 saturated heterocycles. The van der Waals surface area contributed by atoms with Gasteiger partial charge in [0.1, 0.15) is 6.42 Å². The Kier molecular flexibility index (Phi) is 3.06. The lowest BCUT2D eigenvalue weighted by molar-refractivity contribution is -0.145. The second kappa shape index (κ2) is 4.27. The highest BCUT2D eigenvalue weighted by Crippen LogP contribution is 2.24. The second-order valence-corrected chi connectivity index (χ2v) is 2.51. The number of rotatable bonds is 3. The number of hydrogen-bond donors (Lipinski definition) is 2. The zero-order chi connectivity index (χ0) is 10.6. The summed E-state index contributed by atoms with van der Waals surface area (Å²) in [5, 5.41) is 17.4. The molecule has 0 aliphatic rings. The third kappa shape index (κ3) is 2.78. The van der Waals surface area contributed by atoms with E-state index in [4.69, 9.17) is 10.2 Å². The normalized spacial score (nSPS) is 9.43. The Bertz CT molecular complexity index is 358. The first-order valence-electron chi connectivity index (χ1n) is 3.80. The van der Waals surface area contributed by atoms with Gasteiger partial charge >= 0.3 is 11.9 Å². The summed E-state index contributed by atoms with van der Waals surface area (Å²) in [5.41, 5.74) is 0. The molecule has 0 amide bonds. The van der Waals surface area contributed by atoms with Gasteiger partial charge in [-0.2, -0.15) is 0 Å². The number of carboxylic acid groups (broad SMARTS) is 1. The van der Waals surface area contributed by atoms with Gasteiger partial charge in [0.05, 0.1) is 0 Å². The number of aliphatic carboxylic acids is 1. The van der Waals surface area contributed by atoms with E-state index in [2.05, 4.69) is 4.74 Å². The smallest absolute Gasteiger partial charge is 0.322 e. The lowest BCUT2D eigenvalue weighted by Gasteiger charge is -2.03. The quantitative estimate of drug-likeness (QED) is 0.424. The Hall–Kier alpha value is -2.04. The average molecular weight is 196 g/mol. The van der Waals surface area contributed by atoms with Crippen LogP contribution in [-0.2, 0) is 9.59 Å². The zero-order valence-corrected chi connectivity index (χ0v) is 7.14. The number of aromatic hydroxyl groups is 1. The number of phenols is 1. The fourth-order valence-electron chi connectivity index (χ4n) is 0.826. The van der Waals surface area contributed by atoms with E-state index in [0.717, 1.165) is 0 Å². The Labute approximate surface area is 79.6 Å². The van der Waals surface area contributed by atoms with Gasteiger partial charge in [-0.3, -0.25) is 9.59 Å². The number of benzene rings is 1. The van der Waals surface area contributed by atoms with Crippen molar-refractivity contribution in [2.24, 2.45) is 0 Å². The van der Waals surface area contributed by atoms with Crippen LogP contribution in [0.5, 0.6) is 11.5 Å². The van der Waals surface area contributed by atoms with Crippen LogP contribution in [0.15, 0.2) is 24.3 Å². The van der Waals surface area contributed by atoms with E-state index in [1.54, 1.807) is 12.1 Å². The summed E-state index contributed by atoms with van der Waals surface area (Å²) in [6.07, 6.45) is -0.728. The molecule has 1 aromatic rings. The Balaban J connectivity index is 2.65. The predicted octanol–water partition coefficient (Wildman–Crippen LogP) is 0.772. The van der Waals surface area contributed by atoms with Crippen molar-refractivity contribution in [2.75, 3.05) is 0 Å². The molecular formula is C9H8O5. The van der Waals surface area contributed by atoms with Crippen LogP contribution >= 0.6 is 0 Å². The number of hydrogen-bond acceptors (Lipinski definition) is 4. The monoisotopic (exact) mass is 196 g/mol. The summed E-state index contributed by atoms with van der Waals surface area (Å²) in [4.78, 5) is 21.0. The Morgan fingerprint density at radius 1 is 1.29 bits per heavy atom. The number of carbonyl (C=O) groups is 2. The fourth-order valence-corrected chi connectivity index (χ4v) is 0.826. The SMILES string of the molecule is O=C(O)CC(=O)Oc1ccccc1O. The van der Waals surface area contributed by atoms with Crippen molar-refractivity contribution in [3.63, 3.8) is 0 Å². The van der Waals surface area contributed by atoms with Crippen LogP contribution in [0.1, 0.15) is 6.42 Å². The van der Waals surface area contributed by atoms with Crippen molar-refractivity contribution >= 4 is 11.9 Å². The number of carbonyl (C=O) groups excluding carboxylic acids is 1. The van der Waals surface area contributed by atoms with E-state index in [9.17, 15) is 9.59 Å². The molecule has 0 saturated carbocycles. The van der Waals surface area contributed by atoms with Crippen LogP contribution in [0, 0.1) is 0 Å². The number of carboxylic acids is 1. The highest BCUT2D eigenvalue weighted by molar-refractivity contribution is 5.91. The highest BCUT2D eigenvalue weighted by atomic mass is 16.5. The maximum absolute atomic E-state index is 10.9. The van der Waals surface area contributed by atoms with Crippen LogP contribution in [0.4, 0.5) is 0 Å². The molecule has 2 N–H and O–H groups in total. The highest BCUT2D eigenvalue weighted by Gasteiger charge is 2.11. The molecule has 0 aliphatic carbocycles. The van der Waals surface area contributed by atoms with Crippen LogP contribution in [0.2, 0.25) is 0 Å². The van der Waals surface area contributed by atoms with E-state index in [1.807, 2.05) is 0 Å². The molecule has 0 radical (unpaired) electrons. The first-order valence-corrected chi connectivity index (χ1v) is 3.80. The molecule has 1 rings (SSSR count). The van der Waals surface area contributed by atoms with E-state index in [1.165, 1.54) is 12.1 Å². The third-order valence-corrected chi connectivity index (χ3v) is 1.38. The van der Waals surface area contributed by atoms with Gasteiger partial charge in [-0.05, 0) is 12.1 Å². The van der Waals surface area contributed by atoms with Gasteiger partial charge in [-0.25, -0.2) is 0 Å². The van der Waals surface area contributed by atoms with E-state index in [-0.39, 0.29) is 11.5 Å². The van der Waals surface area contributed by atoms with Crippen molar-refractivity contribution in [3.8, 4) is 11.5 Å². The van der Waals surface area contributed by atoms with Crippen LogP contribution in [0.3, 0.4) is 0 Å². The first kappa shape index (κ1) is 10.0. The largest absolute Gasteiger partial charge is 0.504 e. The van der Waals surface area contributed by atoms with Crippen LogP contribution < -0.4 is 4.74 Å². The minimum Gasteiger partial charge on any atom is -0.504 e. The first-order chi connectivity index (χ1) is 6.59. The zero-order valence-electron chi connectivity index (χ0n) is 7.14. The summed E-state index contributed by atoms with van der Waals surface area (Å²) >= 11 is 0. The predicted molar refractivity (Wildman–Crippen MR) is 46.0 cm³/mol. The minimum absolute atomic E-state index is 0.0428. The molecule has 1 aromatic carbocycles. The van der Waals surface area contributed by atoms with Gasteiger partial charge in [0.2, 0.25) is 0 Å². The van der Waals surface area contributed by atoms with Crippen molar-refractivity contribution in [1.82, 2.24) is 0 Å². The molecule has 0 bridgehead atoms. The molecule has 0 fully saturated rings. The maximum atomic E-state index is 10.9. The molecule has 0 aromatic heterocycles. The number of phenolic OH excluding ortho intramolecular Hbond substituents is 1. The molecule has 5 heteroatoms. The second-order valence-electron chi connectivity index (χ2n) is 2.51. The van der Waals surface area contributed by atoms with Crippen LogP contribution in [0.25, 0.3) is 0 Å². The molecular weight excluding hydrogens is 188 g/mol. The Morgan fingerprint density at radius 2 is 1.93 bits per heavy atom. The van der Waals surface area contributed by atoms with E-state index in [0.29, 0.717) is 0 Å². The summed E-state index contributed by atoms with van der Waals surface area (Å²) in [5.74, 6) is -2.44. The third-order valence-electron chi connectivity index (χ3n) is 1.38. The summed E-state index contributed by atoms with van der Waals surface area (Å²) in [7, 11) is 0. The van der Waals surface area contributed by atoms with E-state index >= 15 is 0 Å². The van der Waals surface area contributed by atoms with Gasteiger partial charge < -0.3 is 14.9 Å². The van der Waals surface area contributed by atoms with Crippen molar-refractivity contribution in [1.29, 1.82) is 0 Å². The van der Waals surface area contributed by atoms with Crippen molar-refractivity contribution < 1.29 is 24.5 Å². The van der Waals surface area contributed by atoms with Gasteiger partial charge in [0.25, 0.3) is 0 Å². The average Bonchev–Trinajstić information content (AvgIpc) is 2.07. The van der Waals surface area contributed by atoms with Crippen molar-refractivity contribution in [3.05, 3.63) is 24.3 Å². The number of esters is 1. The lowest BCUT2D eigenvalue weighted by Crippen LogP contribution is -2.13. The molecule has 0 atom stereocenters. The standard InChI is InChI=1S/C9H8O5/c10-6-3-1-2-4-7(6)14-9(13)5-8(11)12/h1-4,10H,5H2,(H,11,12). The summed E-state index contributed by atoms with van der Waals surface area (Å²) in [6.45, 7) is 0. The number of para-hydroxylation sites is 2. The number of ether oxygens (including phenoxy) is 1. The summed E-state index contributed by atoms with van der Waals surface area (Å²) < 4.78 is 4.59. The topological polar surface area (TPSA) is 83.8 Å². The maximum Gasteiger partial charge on any atom is 0.322 e. The molecule has 0 unspecified atom stereocenters.